The van der Waals surface area contributed by atoms with Crippen LogP contribution in [-0.2, 0) is 12.1 Å². The summed E-state index contributed by atoms with van der Waals surface area (Å²) < 4.78 is 53.3. The zero-order valence-electron chi connectivity index (χ0n) is 20.5. The Morgan fingerprint density at radius 3 is 2.70 bits per heavy atom. The Bertz CT molecular complexity index is 1360. The minimum absolute atomic E-state index is 0.0223. The van der Waals surface area contributed by atoms with Gasteiger partial charge in [0.15, 0.2) is 23.4 Å². The van der Waals surface area contributed by atoms with Crippen LogP contribution in [0.15, 0.2) is 40.2 Å². The van der Waals surface area contributed by atoms with Crippen LogP contribution in [0.1, 0.15) is 48.4 Å². The molecule has 37 heavy (non-hydrogen) atoms. The predicted molar refractivity (Wildman–Crippen MR) is 132 cm³/mol. The number of carbonyl (C=O) groups excluding carboxylic acids is 1. The highest BCUT2D eigenvalue weighted by Crippen LogP contribution is 2.50. The number of hydrogen-bond donors (Lipinski definition) is 2. The van der Waals surface area contributed by atoms with Crippen molar-refractivity contribution in [3.63, 3.8) is 0 Å². The smallest absolute Gasteiger partial charge is 0.276 e. The standard InChI is InChI=1S/C24H25F3N6O3S/c1-12-20(30-9-17(31-12)36-10-18-29-5-6-35-18)21(34)32-14-7-15(19(27)16(26)8-14)24(4)13(2)23(3,11-25)37-22(28)33-24/h5-9,13H,10-11H2,1-4H3,(H2,28,33)(H,32,34)/t13-,23-,24+/m1/s1. The van der Waals surface area contributed by atoms with E-state index >= 15 is 4.39 Å². The maximum Gasteiger partial charge on any atom is 0.276 e. The van der Waals surface area contributed by atoms with Gasteiger partial charge in [-0.3, -0.25) is 9.79 Å². The second-order valence-electron chi connectivity index (χ2n) is 9.00. The number of thioether (sulfide) groups is 1. The molecule has 0 spiro atoms. The van der Waals surface area contributed by atoms with E-state index in [0.29, 0.717) is 5.89 Å². The van der Waals surface area contributed by atoms with Crippen molar-refractivity contribution in [2.75, 3.05) is 12.0 Å². The number of carbonyl (C=O) groups is 1. The molecule has 196 valence electrons. The zero-order valence-corrected chi connectivity index (χ0v) is 21.3. The third-order valence-corrected chi connectivity index (χ3v) is 7.73. The van der Waals surface area contributed by atoms with Crippen molar-refractivity contribution < 1.29 is 27.1 Å². The molecule has 1 aliphatic rings. The normalized spacial score (nSPS) is 23.4. The molecule has 1 amide bonds. The number of amides is 1. The second-order valence-corrected chi connectivity index (χ2v) is 10.6. The molecule has 9 nitrogen and oxygen atoms in total. The molecule has 0 radical (unpaired) electrons. The van der Waals surface area contributed by atoms with Gasteiger partial charge in [-0.05, 0) is 26.8 Å². The fourth-order valence-electron chi connectivity index (χ4n) is 4.14. The van der Waals surface area contributed by atoms with E-state index < -0.39 is 40.4 Å². The molecule has 4 rings (SSSR count). The van der Waals surface area contributed by atoms with Gasteiger partial charge in [0.2, 0.25) is 11.8 Å². The summed E-state index contributed by atoms with van der Waals surface area (Å²) in [5.74, 6) is -3.14. The first-order valence-electron chi connectivity index (χ1n) is 11.2. The lowest BCUT2D eigenvalue weighted by molar-refractivity contribution is 0.102. The van der Waals surface area contributed by atoms with Gasteiger partial charge in [0.05, 0.1) is 28.4 Å². The fourth-order valence-corrected chi connectivity index (χ4v) is 5.31. The van der Waals surface area contributed by atoms with Gasteiger partial charge in [0, 0.05) is 23.2 Å². The molecule has 0 unspecified atom stereocenters. The molecule has 13 heteroatoms. The van der Waals surface area contributed by atoms with Gasteiger partial charge >= 0.3 is 0 Å². The lowest BCUT2D eigenvalue weighted by atomic mass is 9.74. The summed E-state index contributed by atoms with van der Waals surface area (Å²) in [6.07, 6.45) is 4.13. The number of aliphatic imine (C=N–C) groups is 1. The molecule has 0 saturated carbocycles. The Hall–Kier alpha value is -3.61. The number of anilines is 1. The first kappa shape index (κ1) is 26.5. The molecule has 3 N–H and O–H groups in total. The van der Waals surface area contributed by atoms with Crippen molar-refractivity contribution in [2.24, 2.45) is 16.6 Å². The first-order chi connectivity index (χ1) is 17.5. The number of amidine groups is 1. The van der Waals surface area contributed by atoms with Crippen LogP contribution in [0.25, 0.3) is 0 Å². The molecule has 0 bridgehead atoms. The number of benzene rings is 1. The number of nitrogens with two attached hydrogens (primary N) is 1. The quantitative estimate of drug-likeness (QED) is 0.453. The number of aromatic nitrogens is 3. The van der Waals surface area contributed by atoms with E-state index in [1.54, 1.807) is 27.7 Å². The van der Waals surface area contributed by atoms with Crippen molar-refractivity contribution >= 4 is 28.5 Å². The number of hydrogen-bond acceptors (Lipinski definition) is 9. The van der Waals surface area contributed by atoms with Crippen molar-refractivity contribution in [3.8, 4) is 5.88 Å². The van der Waals surface area contributed by atoms with E-state index in [-0.39, 0.29) is 40.3 Å². The van der Waals surface area contributed by atoms with Crippen LogP contribution in [0.3, 0.4) is 0 Å². The number of aryl methyl sites for hydroxylation is 1. The Labute approximate surface area is 215 Å². The minimum atomic E-state index is -1.39. The maximum absolute atomic E-state index is 15.1. The summed E-state index contributed by atoms with van der Waals surface area (Å²) in [6.45, 7) is 5.75. The largest absolute Gasteiger partial charge is 0.467 e. The number of alkyl halides is 1. The van der Waals surface area contributed by atoms with E-state index in [1.165, 1.54) is 24.7 Å². The van der Waals surface area contributed by atoms with Gasteiger partial charge in [0.25, 0.3) is 5.91 Å². The minimum Gasteiger partial charge on any atom is -0.467 e. The average molecular weight is 535 g/mol. The molecule has 2 aromatic heterocycles. The highest BCUT2D eigenvalue weighted by atomic mass is 32.2. The molecular weight excluding hydrogens is 509 g/mol. The monoisotopic (exact) mass is 534 g/mol. The SMILES string of the molecule is Cc1nc(OCc2ncco2)cnc1C(=O)Nc1cc(F)c(F)c([C@@]2(C)N=C(N)S[C@](C)(CF)[C@H]2C)c1. The summed E-state index contributed by atoms with van der Waals surface area (Å²) in [4.78, 5) is 29.5. The van der Waals surface area contributed by atoms with E-state index in [9.17, 15) is 13.6 Å². The molecular formula is C24H25F3N6O3S. The highest BCUT2D eigenvalue weighted by Gasteiger charge is 2.50. The number of nitrogens with one attached hydrogen (secondary N) is 1. The Morgan fingerprint density at radius 2 is 2.05 bits per heavy atom. The highest BCUT2D eigenvalue weighted by molar-refractivity contribution is 8.15. The van der Waals surface area contributed by atoms with Crippen molar-refractivity contribution in [1.82, 2.24) is 15.0 Å². The van der Waals surface area contributed by atoms with Gasteiger partial charge in [-0.15, -0.1) is 0 Å². The molecule has 1 aromatic carbocycles. The number of nitrogens with zero attached hydrogens (tertiary/aromatic N) is 4. The number of ether oxygens (including phenoxy) is 1. The molecule has 3 heterocycles. The van der Waals surface area contributed by atoms with Crippen molar-refractivity contribution in [2.45, 2.75) is 44.6 Å². The van der Waals surface area contributed by atoms with E-state index in [1.807, 2.05) is 0 Å². The van der Waals surface area contributed by atoms with Crippen LogP contribution in [0.4, 0.5) is 18.9 Å². The van der Waals surface area contributed by atoms with Gasteiger partial charge in [-0.2, -0.15) is 0 Å². The summed E-state index contributed by atoms with van der Waals surface area (Å²) in [6, 6.07) is 2.12. The zero-order chi connectivity index (χ0) is 27.0. The third-order valence-electron chi connectivity index (χ3n) is 6.50. The van der Waals surface area contributed by atoms with Crippen LogP contribution < -0.4 is 15.8 Å². The van der Waals surface area contributed by atoms with Gasteiger partial charge in [-0.1, -0.05) is 18.7 Å². The van der Waals surface area contributed by atoms with E-state index in [0.717, 1.165) is 17.8 Å². The summed E-state index contributed by atoms with van der Waals surface area (Å²) in [5, 5.41) is 2.59. The maximum atomic E-state index is 15.1. The van der Waals surface area contributed by atoms with Crippen LogP contribution in [0, 0.1) is 24.5 Å². The van der Waals surface area contributed by atoms with E-state index in [4.69, 9.17) is 14.9 Å². The van der Waals surface area contributed by atoms with Crippen molar-refractivity contribution in [3.05, 3.63) is 65.3 Å². The molecule has 0 aliphatic carbocycles. The number of oxazole rings is 1. The fraction of sp³-hybridized carbons (Fsp3) is 0.375. The Morgan fingerprint density at radius 1 is 1.30 bits per heavy atom. The van der Waals surface area contributed by atoms with Gasteiger partial charge in [0.1, 0.15) is 18.6 Å². The first-order valence-corrected chi connectivity index (χ1v) is 12.0. The predicted octanol–water partition coefficient (Wildman–Crippen LogP) is 4.52. The second kappa shape index (κ2) is 10.0. The third kappa shape index (κ3) is 5.13. The topological polar surface area (TPSA) is 129 Å². The molecule has 0 fully saturated rings. The molecule has 0 saturated heterocycles. The van der Waals surface area contributed by atoms with Crippen LogP contribution >= 0.6 is 11.8 Å². The summed E-state index contributed by atoms with van der Waals surface area (Å²) in [5.41, 5.74) is 4.56. The molecule has 3 atom stereocenters. The van der Waals surface area contributed by atoms with Gasteiger partial charge < -0.3 is 20.2 Å². The lowest BCUT2D eigenvalue weighted by Crippen LogP contribution is -2.49. The molecule has 3 aromatic rings. The number of halogens is 3. The van der Waals surface area contributed by atoms with Crippen LogP contribution in [0.5, 0.6) is 5.88 Å². The lowest BCUT2D eigenvalue weighted by Gasteiger charge is -2.46. The Balaban J connectivity index is 1.60. The van der Waals surface area contributed by atoms with Gasteiger partial charge in [-0.25, -0.2) is 28.1 Å². The van der Waals surface area contributed by atoms with Crippen LogP contribution in [-0.4, -0.2) is 37.4 Å². The van der Waals surface area contributed by atoms with E-state index in [2.05, 4.69) is 25.3 Å². The van der Waals surface area contributed by atoms with Crippen molar-refractivity contribution in [1.29, 1.82) is 0 Å². The number of rotatable bonds is 7. The van der Waals surface area contributed by atoms with Crippen LogP contribution in [0.2, 0.25) is 0 Å². The Kier molecular flexibility index (Phi) is 7.18. The average Bonchev–Trinajstić information content (AvgIpc) is 3.37. The summed E-state index contributed by atoms with van der Waals surface area (Å²) in [7, 11) is 0. The summed E-state index contributed by atoms with van der Waals surface area (Å²) >= 11 is 1.05. The molecule has 1 aliphatic heterocycles.